The SMILES string of the molecule is CN(CCC1CCOCC1)C(=O)C1CNCCO1. The summed E-state index contributed by atoms with van der Waals surface area (Å²) in [6.45, 7) is 4.68. The van der Waals surface area contributed by atoms with Crippen LogP contribution in [0.4, 0.5) is 0 Å². The fourth-order valence-corrected chi connectivity index (χ4v) is 2.49. The molecule has 0 aromatic heterocycles. The normalized spacial score (nSPS) is 25.9. The maximum Gasteiger partial charge on any atom is 0.252 e. The molecule has 0 bridgehead atoms. The monoisotopic (exact) mass is 256 g/mol. The lowest BCUT2D eigenvalue weighted by Crippen LogP contribution is -2.48. The van der Waals surface area contributed by atoms with Crippen LogP contribution in [0, 0.1) is 5.92 Å². The number of nitrogens with zero attached hydrogens (tertiary/aromatic N) is 1. The van der Waals surface area contributed by atoms with E-state index in [1.165, 1.54) is 0 Å². The van der Waals surface area contributed by atoms with E-state index >= 15 is 0 Å². The van der Waals surface area contributed by atoms with Gasteiger partial charge in [-0.15, -0.1) is 0 Å². The van der Waals surface area contributed by atoms with Crippen LogP contribution >= 0.6 is 0 Å². The standard InChI is InChI=1S/C13H24N2O3/c1-15(6-2-11-3-7-17-8-4-11)13(16)12-10-14-5-9-18-12/h11-12,14H,2-10H2,1H3. The fraction of sp³-hybridized carbons (Fsp3) is 0.923. The van der Waals surface area contributed by atoms with Crippen molar-refractivity contribution in [3.05, 3.63) is 0 Å². The van der Waals surface area contributed by atoms with Gasteiger partial charge in [0.1, 0.15) is 6.10 Å². The molecule has 1 amide bonds. The molecule has 2 aliphatic rings. The van der Waals surface area contributed by atoms with Crippen LogP contribution in [-0.4, -0.2) is 63.4 Å². The van der Waals surface area contributed by atoms with Crippen LogP contribution in [0.3, 0.4) is 0 Å². The van der Waals surface area contributed by atoms with Crippen molar-refractivity contribution in [3.63, 3.8) is 0 Å². The van der Waals surface area contributed by atoms with Crippen molar-refractivity contribution in [1.29, 1.82) is 0 Å². The first-order valence-electron chi connectivity index (χ1n) is 6.92. The molecule has 0 saturated carbocycles. The van der Waals surface area contributed by atoms with Crippen molar-refractivity contribution < 1.29 is 14.3 Å². The van der Waals surface area contributed by atoms with E-state index in [9.17, 15) is 4.79 Å². The highest BCUT2D eigenvalue weighted by Gasteiger charge is 2.25. The van der Waals surface area contributed by atoms with E-state index in [0.29, 0.717) is 19.1 Å². The third kappa shape index (κ3) is 3.93. The third-order valence-corrected chi connectivity index (χ3v) is 3.79. The largest absolute Gasteiger partial charge is 0.381 e. The first-order valence-corrected chi connectivity index (χ1v) is 6.92. The summed E-state index contributed by atoms with van der Waals surface area (Å²) in [6, 6.07) is 0. The summed E-state index contributed by atoms with van der Waals surface area (Å²) in [4.78, 5) is 13.9. The van der Waals surface area contributed by atoms with E-state index in [4.69, 9.17) is 9.47 Å². The summed E-state index contributed by atoms with van der Waals surface area (Å²) in [6.07, 6.45) is 3.04. The predicted octanol–water partition coefficient (Wildman–Crippen LogP) is 0.250. The minimum Gasteiger partial charge on any atom is -0.381 e. The Morgan fingerprint density at radius 2 is 2.11 bits per heavy atom. The Balaban J connectivity index is 1.69. The van der Waals surface area contributed by atoms with E-state index in [1.807, 2.05) is 11.9 Å². The van der Waals surface area contributed by atoms with E-state index in [-0.39, 0.29) is 12.0 Å². The zero-order valence-electron chi connectivity index (χ0n) is 11.2. The summed E-state index contributed by atoms with van der Waals surface area (Å²) < 4.78 is 10.8. The van der Waals surface area contributed by atoms with Gasteiger partial charge in [-0.05, 0) is 25.2 Å². The van der Waals surface area contributed by atoms with Gasteiger partial charge in [-0.3, -0.25) is 4.79 Å². The Morgan fingerprint density at radius 3 is 2.78 bits per heavy atom. The second kappa shape index (κ2) is 7.07. The van der Waals surface area contributed by atoms with Gasteiger partial charge in [0.05, 0.1) is 6.61 Å². The summed E-state index contributed by atoms with van der Waals surface area (Å²) in [5.41, 5.74) is 0. The van der Waals surface area contributed by atoms with Crippen molar-refractivity contribution in [2.45, 2.75) is 25.4 Å². The lowest BCUT2D eigenvalue weighted by molar-refractivity contribution is -0.144. The number of morpholine rings is 1. The highest BCUT2D eigenvalue weighted by atomic mass is 16.5. The molecule has 2 aliphatic heterocycles. The number of rotatable bonds is 4. The van der Waals surface area contributed by atoms with Gasteiger partial charge < -0.3 is 19.7 Å². The average Bonchev–Trinajstić information content (AvgIpc) is 2.46. The number of amides is 1. The molecule has 18 heavy (non-hydrogen) atoms. The Bertz CT molecular complexity index is 261. The number of likely N-dealkylation sites (N-methyl/N-ethyl adjacent to an activating group) is 1. The van der Waals surface area contributed by atoms with Gasteiger partial charge in [-0.25, -0.2) is 0 Å². The molecule has 2 fully saturated rings. The maximum atomic E-state index is 12.1. The van der Waals surface area contributed by atoms with Crippen molar-refractivity contribution >= 4 is 5.91 Å². The second-order valence-electron chi connectivity index (χ2n) is 5.17. The van der Waals surface area contributed by atoms with E-state index in [0.717, 1.165) is 45.6 Å². The van der Waals surface area contributed by atoms with Crippen molar-refractivity contribution in [3.8, 4) is 0 Å². The molecule has 5 heteroatoms. The van der Waals surface area contributed by atoms with Crippen molar-refractivity contribution in [2.75, 3.05) is 46.5 Å². The maximum absolute atomic E-state index is 12.1. The smallest absolute Gasteiger partial charge is 0.252 e. The lowest BCUT2D eigenvalue weighted by atomic mass is 9.96. The summed E-state index contributed by atoms with van der Waals surface area (Å²) in [5.74, 6) is 0.814. The lowest BCUT2D eigenvalue weighted by Gasteiger charge is -2.29. The molecule has 5 nitrogen and oxygen atoms in total. The Morgan fingerprint density at radius 1 is 1.33 bits per heavy atom. The molecule has 2 heterocycles. The Labute approximate surface area is 109 Å². The predicted molar refractivity (Wildman–Crippen MR) is 68.4 cm³/mol. The zero-order chi connectivity index (χ0) is 12.8. The van der Waals surface area contributed by atoms with Crippen LogP contribution in [0.25, 0.3) is 0 Å². The molecule has 1 unspecified atom stereocenters. The fourth-order valence-electron chi connectivity index (χ4n) is 2.49. The minimum atomic E-state index is -0.293. The van der Waals surface area contributed by atoms with Crippen LogP contribution in [0.5, 0.6) is 0 Å². The van der Waals surface area contributed by atoms with Gasteiger partial charge in [0.15, 0.2) is 0 Å². The van der Waals surface area contributed by atoms with Gasteiger partial charge >= 0.3 is 0 Å². The van der Waals surface area contributed by atoms with Crippen LogP contribution < -0.4 is 5.32 Å². The van der Waals surface area contributed by atoms with Crippen molar-refractivity contribution in [1.82, 2.24) is 10.2 Å². The van der Waals surface area contributed by atoms with Gasteiger partial charge in [0, 0.05) is 39.9 Å². The van der Waals surface area contributed by atoms with E-state index in [2.05, 4.69) is 5.32 Å². The summed E-state index contributed by atoms with van der Waals surface area (Å²) >= 11 is 0. The molecule has 2 saturated heterocycles. The number of hydrogen-bond donors (Lipinski definition) is 1. The molecule has 0 aromatic carbocycles. The number of hydrogen-bond acceptors (Lipinski definition) is 4. The van der Waals surface area contributed by atoms with Crippen LogP contribution in [0.2, 0.25) is 0 Å². The molecule has 0 aromatic rings. The molecule has 0 aliphatic carbocycles. The molecule has 104 valence electrons. The van der Waals surface area contributed by atoms with Gasteiger partial charge in [0.25, 0.3) is 5.91 Å². The van der Waals surface area contributed by atoms with Gasteiger partial charge in [0.2, 0.25) is 0 Å². The first-order chi connectivity index (χ1) is 8.77. The molecular weight excluding hydrogens is 232 g/mol. The molecule has 1 N–H and O–H groups in total. The van der Waals surface area contributed by atoms with E-state index in [1.54, 1.807) is 0 Å². The summed E-state index contributed by atoms with van der Waals surface area (Å²) in [7, 11) is 1.87. The average molecular weight is 256 g/mol. The minimum absolute atomic E-state index is 0.106. The van der Waals surface area contributed by atoms with Gasteiger partial charge in [-0.1, -0.05) is 0 Å². The summed E-state index contributed by atoms with van der Waals surface area (Å²) in [5, 5.41) is 3.19. The quantitative estimate of drug-likeness (QED) is 0.783. The highest BCUT2D eigenvalue weighted by molar-refractivity contribution is 5.81. The topological polar surface area (TPSA) is 50.8 Å². The second-order valence-corrected chi connectivity index (χ2v) is 5.17. The number of carbonyl (C=O) groups excluding carboxylic acids is 1. The van der Waals surface area contributed by atoms with Crippen LogP contribution in [0.1, 0.15) is 19.3 Å². The molecule has 2 rings (SSSR count). The Hall–Kier alpha value is -0.650. The molecule has 1 atom stereocenters. The molecule has 0 radical (unpaired) electrons. The number of carbonyl (C=O) groups is 1. The molecular formula is C13H24N2O3. The highest BCUT2D eigenvalue weighted by Crippen LogP contribution is 2.18. The van der Waals surface area contributed by atoms with Crippen molar-refractivity contribution in [2.24, 2.45) is 5.92 Å². The van der Waals surface area contributed by atoms with Crippen LogP contribution in [0.15, 0.2) is 0 Å². The molecule has 0 spiro atoms. The zero-order valence-corrected chi connectivity index (χ0v) is 11.2. The van der Waals surface area contributed by atoms with Crippen LogP contribution in [-0.2, 0) is 14.3 Å². The number of ether oxygens (including phenoxy) is 2. The first kappa shape index (κ1) is 13.8. The number of nitrogens with one attached hydrogen (secondary N) is 1. The third-order valence-electron chi connectivity index (χ3n) is 3.79. The van der Waals surface area contributed by atoms with Gasteiger partial charge in [-0.2, -0.15) is 0 Å². The Kier molecular flexibility index (Phi) is 5.41. The van der Waals surface area contributed by atoms with E-state index < -0.39 is 0 Å².